The van der Waals surface area contributed by atoms with Crippen LogP contribution in [0, 0.1) is 17.6 Å². The van der Waals surface area contributed by atoms with Gasteiger partial charge >= 0.3 is 0 Å². The summed E-state index contributed by atoms with van der Waals surface area (Å²) in [4.78, 5) is 0. The van der Waals surface area contributed by atoms with Crippen molar-refractivity contribution in [2.24, 2.45) is 5.92 Å². The van der Waals surface area contributed by atoms with Crippen LogP contribution in [0.25, 0.3) is 0 Å². The highest BCUT2D eigenvalue weighted by Gasteiger charge is 2.27. The predicted octanol–water partition coefficient (Wildman–Crippen LogP) is 2.65. The summed E-state index contributed by atoms with van der Waals surface area (Å²) < 4.78 is 32.3. The van der Waals surface area contributed by atoms with Gasteiger partial charge < -0.3 is 10.1 Å². The van der Waals surface area contributed by atoms with E-state index in [0.717, 1.165) is 25.5 Å². The van der Waals surface area contributed by atoms with E-state index < -0.39 is 11.6 Å². The summed E-state index contributed by atoms with van der Waals surface area (Å²) in [6.07, 6.45) is 1.95. The van der Waals surface area contributed by atoms with Gasteiger partial charge in [-0.1, -0.05) is 12.1 Å². The van der Waals surface area contributed by atoms with Crippen molar-refractivity contribution in [2.45, 2.75) is 18.9 Å². The SMILES string of the molecule is CNC(c1cccc(F)c1F)C1CCCOC1. The van der Waals surface area contributed by atoms with E-state index in [1.807, 2.05) is 0 Å². The molecule has 1 aromatic rings. The molecule has 0 aliphatic carbocycles. The zero-order valence-electron chi connectivity index (χ0n) is 9.88. The van der Waals surface area contributed by atoms with E-state index in [2.05, 4.69) is 5.32 Å². The van der Waals surface area contributed by atoms with Crippen LogP contribution in [0.1, 0.15) is 24.4 Å². The number of halogens is 2. The summed E-state index contributed by atoms with van der Waals surface area (Å²) >= 11 is 0. The Morgan fingerprint density at radius 2 is 2.24 bits per heavy atom. The number of benzene rings is 1. The molecule has 1 saturated heterocycles. The maximum absolute atomic E-state index is 13.7. The lowest BCUT2D eigenvalue weighted by Crippen LogP contribution is -2.32. The molecule has 2 rings (SSSR count). The second-order valence-corrected chi connectivity index (χ2v) is 4.39. The van der Waals surface area contributed by atoms with Crippen LogP contribution in [0.2, 0.25) is 0 Å². The van der Waals surface area contributed by atoms with Crippen molar-refractivity contribution in [1.29, 1.82) is 0 Å². The Morgan fingerprint density at radius 3 is 2.88 bits per heavy atom. The van der Waals surface area contributed by atoms with Gasteiger partial charge in [0.2, 0.25) is 0 Å². The molecule has 1 aliphatic heterocycles. The van der Waals surface area contributed by atoms with Crippen molar-refractivity contribution in [3.05, 3.63) is 35.4 Å². The molecule has 0 saturated carbocycles. The fourth-order valence-electron chi connectivity index (χ4n) is 2.43. The molecule has 0 spiro atoms. The summed E-state index contributed by atoms with van der Waals surface area (Å²) in [5.41, 5.74) is 0.392. The summed E-state index contributed by atoms with van der Waals surface area (Å²) in [7, 11) is 1.77. The molecule has 0 amide bonds. The lowest BCUT2D eigenvalue weighted by atomic mass is 9.88. The van der Waals surface area contributed by atoms with E-state index in [4.69, 9.17) is 4.74 Å². The van der Waals surface area contributed by atoms with Gasteiger partial charge in [0.25, 0.3) is 0 Å². The molecule has 1 aromatic carbocycles. The summed E-state index contributed by atoms with van der Waals surface area (Å²) in [6, 6.07) is 4.13. The summed E-state index contributed by atoms with van der Waals surface area (Å²) in [5, 5.41) is 3.07. The van der Waals surface area contributed by atoms with E-state index in [-0.39, 0.29) is 12.0 Å². The van der Waals surface area contributed by atoms with Crippen LogP contribution < -0.4 is 5.32 Å². The zero-order valence-corrected chi connectivity index (χ0v) is 9.88. The van der Waals surface area contributed by atoms with Crippen molar-refractivity contribution in [3.63, 3.8) is 0 Å². The first-order valence-corrected chi connectivity index (χ1v) is 5.93. The fourth-order valence-corrected chi connectivity index (χ4v) is 2.43. The normalized spacial score (nSPS) is 22.4. The molecule has 0 bridgehead atoms. The molecular weight excluding hydrogens is 224 g/mol. The molecule has 2 nitrogen and oxygen atoms in total. The molecule has 1 aliphatic rings. The molecule has 94 valence electrons. The van der Waals surface area contributed by atoms with Crippen LogP contribution >= 0.6 is 0 Å². The average molecular weight is 241 g/mol. The van der Waals surface area contributed by atoms with Gasteiger partial charge in [0.1, 0.15) is 0 Å². The highest BCUT2D eigenvalue weighted by molar-refractivity contribution is 5.23. The van der Waals surface area contributed by atoms with Gasteiger partial charge in [0.15, 0.2) is 11.6 Å². The Hall–Kier alpha value is -1.00. The standard InChI is InChI=1S/C13H17F2NO/c1-16-13(9-4-3-7-17-8-9)10-5-2-6-11(14)12(10)15/h2,5-6,9,13,16H,3-4,7-8H2,1H3. The van der Waals surface area contributed by atoms with E-state index in [9.17, 15) is 8.78 Å². The molecule has 1 heterocycles. The first kappa shape index (κ1) is 12.5. The van der Waals surface area contributed by atoms with Gasteiger partial charge in [-0.2, -0.15) is 0 Å². The minimum absolute atomic E-state index is 0.189. The Kier molecular flexibility index (Phi) is 4.07. The van der Waals surface area contributed by atoms with Crippen LogP contribution in [0.3, 0.4) is 0 Å². The van der Waals surface area contributed by atoms with Gasteiger partial charge in [-0.3, -0.25) is 0 Å². The minimum Gasteiger partial charge on any atom is -0.381 e. The molecule has 0 aromatic heterocycles. The van der Waals surface area contributed by atoms with Crippen molar-refractivity contribution in [2.75, 3.05) is 20.3 Å². The monoisotopic (exact) mass is 241 g/mol. The Morgan fingerprint density at radius 1 is 1.41 bits per heavy atom. The molecule has 2 unspecified atom stereocenters. The Balaban J connectivity index is 2.24. The lowest BCUT2D eigenvalue weighted by Gasteiger charge is -2.30. The highest BCUT2D eigenvalue weighted by atomic mass is 19.2. The van der Waals surface area contributed by atoms with Crippen molar-refractivity contribution in [3.8, 4) is 0 Å². The van der Waals surface area contributed by atoms with Gasteiger partial charge in [-0.05, 0) is 26.0 Å². The molecule has 0 radical (unpaired) electrons. The maximum atomic E-state index is 13.7. The van der Waals surface area contributed by atoms with Crippen LogP contribution in [0.5, 0.6) is 0 Å². The smallest absolute Gasteiger partial charge is 0.163 e. The third-order valence-electron chi connectivity index (χ3n) is 3.29. The summed E-state index contributed by atoms with van der Waals surface area (Å²) in [6.45, 7) is 1.36. The van der Waals surface area contributed by atoms with E-state index in [1.165, 1.54) is 0 Å². The van der Waals surface area contributed by atoms with E-state index in [0.29, 0.717) is 12.2 Å². The lowest BCUT2D eigenvalue weighted by molar-refractivity contribution is 0.0396. The average Bonchev–Trinajstić information content (AvgIpc) is 2.37. The van der Waals surface area contributed by atoms with Gasteiger partial charge in [0.05, 0.1) is 6.61 Å². The van der Waals surface area contributed by atoms with Gasteiger partial charge in [0, 0.05) is 24.1 Å². The second-order valence-electron chi connectivity index (χ2n) is 4.39. The van der Waals surface area contributed by atoms with E-state index in [1.54, 1.807) is 19.2 Å². The summed E-state index contributed by atoms with van der Waals surface area (Å²) in [5.74, 6) is -1.35. The molecule has 1 fully saturated rings. The highest BCUT2D eigenvalue weighted by Crippen LogP contribution is 2.30. The first-order chi connectivity index (χ1) is 8.24. The van der Waals surface area contributed by atoms with E-state index >= 15 is 0 Å². The predicted molar refractivity (Wildman–Crippen MR) is 61.7 cm³/mol. The van der Waals surface area contributed by atoms with Crippen LogP contribution in [0.4, 0.5) is 8.78 Å². The molecule has 4 heteroatoms. The second kappa shape index (κ2) is 5.56. The molecule has 17 heavy (non-hydrogen) atoms. The quantitative estimate of drug-likeness (QED) is 0.878. The number of rotatable bonds is 3. The number of hydrogen-bond donors (Lipinski definition) is 1. The van der Waals surface area contributed by atoms with Gasteiger partial charge in [-0.15, -0.1) is 0 Å². The molecule has 2 atom stereocenters. The topological polar surface area (TPSA) is 21.3 Å². The fraction of sp³-hybridized carbons (Fsp3) is 0.538. The third-order valence-corrected chi connectivity index (χ3v) is 3.29. The molecule has 1 N–H and O–H groups in total. The number of hydrogen-bond acceptors (Lipinski definition) is 2. The third kappa shape index (κ3) is 2.64. The van der Waals surface area contributed by atoms with Crippen LogP contribution in [-0.2, 0) is 4.74 Å². The number of nitrogens with one attached hydrogen (secondary N) is 1. The van der Waals surface area contributed by atoms with Crippen LogP contribution in [0.15, 0.2) is 18.2 Å². The van der Waals surface area contributed by atoms with Crippen molar-refractivity contribution < 1.29 is 13.5 Å². The van der Waals surface area contributed by atoms with Gasteiger partial charge in [-0.25, -0.2) is 8.78 Å². The van der Waals surface area contributed by atoms with Crippen molar-refractivity contribution in [1.82, 2.24) is 5.32 Å². The van der Waals surface area contributed by atoms with Crippen LogP contribution in [-0.4, -0.2) is 20.3 Å². The Bertz CT molecular complexity index is 378. The number of ether oxygens (including phenoxy) is 1. The maximum Gasteiger partial charge on any atom is 0.163 e. The van der Waals surface area contributed by atoms with Crippen molar-refractivity contribution >= 4 is 0 Å². The Labute approximate surface area is 100.0 Å². The minimum atomic E-state index is -0.792. The molecular formula is C13H17F2NO. The first-order valence-electron chi connectivity index (χ1n) is 5.93. The zero-order chi connectivity index (χ0) is 12.3. The largest absolute Gasteiger partial charge is 0.381 e.